The monoisotopic (exact) mass is 281 g/mol. The first kappa shape index (κ1) is 17.7. The van der Waals surface area contributed by atoms with E-state index < -0.39 is 0 Å². The van der Waals surface area contributed by atoms with Crippen LogP contribution in [0.3, 0.4) is 0 Å². The Morgan fingerprint density at radius 1 is 1.00 bits per heavy atom. The number of nitrogens with zero attached hydrogens (tertiary/aromatic N) is 1. The smallest absolute Gasteiger partial charge is 0.135 e. The lowest BCUT2D eigenvalue weighted by Crippen LogP contribution is -2.33. The Kier molecular flexibility index (Phi) is 9.17. The molecule has 0 aromatic rings. The summed E-state index contributed by atoms with van der Waals surface area (Å²) in [4.78, 5) is 14.1. The van der Waals surface area contributed by atoms with E-state index in [0.717, 1.165) is 18.8 Å². The zero-order valence-electron chi connectivity index (χ0n) is 14.0. The maximum absolute atomic E-state index is 11.5. The SMILES string of the molecule is CC1CCN(CCCCCCCCC(=O)C(C)C)CC1. The maximum Gasteiger partial charge on any atom is 0.135 e. The highest BCUT2D eigenvalue weighted by atomic mass is 16.1. The van der Waals surface area contributed by atoms with Crippen molar-refractivity contribution < 1.29 is 4.79 Å². The lowest BCUT2D eigenvalue weighted by Gasteiger charge is -2.30. The number of rotatable bonds is 10. The Morgan fingerprint density at radius 2 is 1.55 bits per heavy atom. The molecule has 2 heteroatoms. The topological polar surface area (TPSA) is 20.3 Å². The lowest BCUT2D eigenvalue weighted by molar-refractivity contribution is -0.122. The molecule has 0 saturated carbocycles. The van der Waals surface area contributed by atoms with Gasteiger partial charge in [-0.1, -0.05) is 46.5 Å². The molecule has 1 saturated heterocycles. The van der Waals surface area contributed by atoms with Crippen molar-refractivity contribution in [3.8, 4) is 0 Å². The van der Waals surface area contributed by atoms with Crippen molar-refractivity contribution in [2.24, 2.45) is 11.8 Å². The molecule has 0 bridgehead atoms. The fraction of sp³-hybridized carbons (Fsp3) is 0.944. The van der Waals surface area contributed by atoms with Crippen molar-refractivity contribution >= 4 is 5.78 Å². The molecule has 1 fully saturated rings. The summed E-state index contributed by atoms with van der Waals surface area (Å²) >= 11 is 0. The second-order valence-corrected chi connectivity index (χ2v) is 7.02. The van der Waals surface area contributed by atoms with Gasteiger partial charge < -0.3 is 4.90 Å². The van der Waals surface area contributed by atoms with Gasteiger partial charge in [-0.3, -0.25) is 4.79 Å². The van der Waals surface area contributed by atoms with Gasteiger partial charge >= 0.3 is 0 Å². The molecule has 1 heterocycles. The minimum Gasteiger partial charge on any atom is -0.303 e. The molecule has 1 aliphatic heterocycles. The Bertz CT molecular complexity index is 254. The summed E-state index contributed by atoms with van der Waals surface area (Å²) in [5.41, 5.74) is 0. The molecule has 0 aromatic carbocycles. The molecule has 0 unspecified atom stereocenters. The number of hydrogen-bond donors (Lipinski definition) is 0. The fourth-order valence-electron chi connectivity index (χ4n) is 2.92. The molecule has 1 rings (SSSR count). The van der Waals surface area contributed by atoms with Gasteiger partial charge in [0.05, 0.1) is 0 Å². The van der Waals surface area contributed by atoms with Gasteiger partial charge in [0.1, 0.15) is 5.78 Å². The first-order valence-corrected chi connectivity index (χ1v) is 8.84. The molecule has 0 radical (unpaired) electrons. The van der Waals surface area contributed by atoms with Crippen LogP contribution in [0.1, 0.15) is 78.6 Å². The second kappa shape index (κ2) is 10.4. The van der Waals surface area contributed by atoms with Crippen LogP contribution in [0.15, 0.2) is 0 Å². The summed E-state index contributed by atoms with van der Waals surface area (Å²) < 4.78 is 0. The van der Waals surface area contributed by atoms with E-state index in [1.54, 1.807) is 0 Å². The van der Waals surface area contributed by atoms with Gasteiger partial charge in [-0.25, -0.2) is 0 Å². The summed E-state index contributed by atoms with van der Waals surface area (Å²) in [5, 5.41) is 0. The third-order valence-corrected chi connectivity index (χ3v) is 4.67. The van der Waals surface area contributed by atoms with Gasteiger partial charge in [0, 0.05) is 12.3 Å². The van der Waals surface area contributed by atoms with Crippen LogP contribution >= 0.6 is 0 Å². The van der Waals surface area contributed by atoms with Crippen LogP contribution in [0.2, 0.25) is 0 Å². The highest BCUT2D eigenvalue weighted by Crippen LogP contribution is 2.17. The van der Waals surface area contributed by atoms with E-state index in [0.29, 0.717) is 5.78 Å². The van der Waals surface area contributed by atoms with Crippen LogP contribution in [0.5, 0.6) is 0 Å². The Balaban J connectivity index is 1.84. The largest absolute Gasteiger partial charge is 0.303 e. The van der Waals surface area contributed by atoms with Gasteiger partial charge in [-0.2, -0.15) is 0 Å². The number of carbonyl (C=O) groups is 1. The number of likely N-dealkylation sites (tertiary alicyclic amines) is 1. The second-order valence-electron chi connectivity index (χ2n) is 7.02. The number of ketones is 1. The summed E-state index contributed by atoms with van der Waals surface area (Å²) in [6, 6.07) is 0. The van der Waals surface area contributed by atoms with Crippen LogP contribution in [-0.2, 0) is 4.79 Å². The van der Waals surface area contributed by atoms with Crippen molar-refractivity contribution in [2.45, 2.75) is 78.6 Å². The van der Waals surface area contributed by atoms with Crippen molar-refractivity contribution in [1.82, 2.24) is 4.90 Å². The minimum absolute atomic E-state index is 0.224. The zero-order valence-corrected chi connectivity index (χ0v) is 14.0. The average molecular weight is 281 g/mol. The standard InChI is InChI=1S/C18H35NO/c1-16(2)18(20)10-8-6-4-5-7-9-13-19-14-11-17(3)12-15-19/h16-17H,4-15H2,1-3H3. The van der Waals surface area contributed by atoms with Crippen LogP contribution in [0.4, 0.5) is 0 Å². The first-order valence-electron chi connectivity index (χ1n) is 8.84. The van der Waals surface area contributed by atoms with E-state index in [9.17, 15) is 4.79 Å². The molecule has 0 amide bonds. The number of carbonyl (C=O) groups excluding carboxylic acids is 1. The van der Waals surface area contributed by atoms with Crippen molar-refractivity contribution in [3.63, 3.8) is 0 Å². The normalized spacial score (nSPS) is 17.8. The average Bonchev–Trinajstić information content (AvgIpc) is 2.43. The number of hydrogen-bond acceptors (Lipinski definition) is 2. The molecule has 2 nitrogen and oxygen atoms in total. The van der Waals surface area contributed by atoms with Crippen LogP contribution < -0.4 is 0 Å². The maximum atomic E-state index is 11.5. The molecular formula is C18H35NO. The summed E-state index contributed by atoms with van der Waals surface area (Å²) in [6.07, 6.45) is 11.3. The van der Waals surface area contributed by atoms with Crippen molar-refractivity contribution in [1.29, 1.82) is 0 Å². The highest BCUT2D eigenvalue weighted by Gasteiger charge is 2.14. The number of Topliss-reactive ketones (excluding diaryl/α,β-unsaturated/α-hetero) is 1. The van der Waals surface area contributed by atoms with Crippen LogP contribution in [-0.4, -0.2) is 30.3 Å². The van der Waals surface area contributed by atoms with Crippen LogP contribution in [0.25, 0.3) is 0 Å². The predicted octanol–water partition coefficient (Wildman–Crippen LogP) is 4.67. The molecule has 0 N–H and O–H groups in total. The van der Waals surface area contributed by atoms with Gasteiger partial charge in [0.25, 0.3) is 0 Å². The van der Waals surface area contributed by atoms with Gasteiger partial charge in [0.15, 0.2) is 0 Å². The van der Waals surface area contributed by atoms with E-state index in [4.69, 9.17) is 0 Å². The van der Waals surface area contributed by atoms with Gasteiger partial charge in [0.2, 0.25) is 0 Å². The van der Waals surface area contributed by atoms with Gasteiger partial charge in [-0.15, -0.1) is 0 Å². The molecule has 0 spiro atoms. The van der Waals surface area contributed by atoms with E-state index >= 15 is 0 Å². The Hall–Kier alpha value is -0.370. The van der Waals surface area contributed by atoms with E-state index in [2.05, 4.69) is 11.8 Å². The molecule has 0 aliphatic carbocycles. The Labute approximate surface area is 126 Å². The highest BCUT2D eigenvalue weighted by molar-refractivity contribution is 5.80. The summed E-state index contributed by atoms with van der Waals surface area (Å²) in [5.74, 6) is 1.60. The molecule has 118 valence electrons. The number of piperidine rings is 1. The molecular weight excluding hydrogens is 246 g/mol. The molecule has 0 aromatic heterocycles. The van der Waals surface area contributed by atoms with E-state index in [1.165, 1.54) is 64.6 Å². The summed E-state index contributed by atoms with van der Waals surface area (Å²) in [6.45, 7) is 10.3. The third kappa shape index (κ3) is 8.04. The van der Waals surface area contributed by atoms with Crippen molar-refractivity contribution in [2.75, 3.05) is 19.6 Å². The lowest BCUT2D eigenvalue weighted by atomic mass is 9.99. The molecule has 20 heavy (non-hydrogen) atoms. The van der Waals surface area contributed by atoms with Crippen molar-refractivity contribution in [3.05, 3.63) is 0 Å². The summed E-state index contributed by atoms with van der Waals surface area (Å²) in [7, 11) is 0. The Morgan fingerprint density at radius 3 is 2.15 bits per heavy atom. The fourth-order valence-corrected chi connectivity index (χ4v) is 2.92. The predicted molar refractivity (Wildman–Crippen MR) is 87.0 cm³/mol. The first-order chi connectivity index (χ1) is 9.59. The minimum atomic E-state index is 0.224. The molecule has 1 aliphatic rings. The van der Waals surface area contributed by atoms with E-state index in [-0.39, 0.29) is 5.92 Å². The third-order valence-electron chi connectivity index (χ3n) is 4.67. The van der Waals surface area contributed by atoms with E-state index in [1.807, 2.05) is 13.8 Å². The van der Waals surface area contributed by atoms with Crippen LogP contribution in [0, 0.1) is 11.8 Å². The van der Waals surface area contributed by atoms with Gasteiger partial charge in [-0.05, 0) is 51.2 Å². The zero-order chi connectivity index (χ0) is 14.8. The quantitative estimate of drug-likeness (QED) is 0.542. The number of unbranched alkanes of at least 4 members (excludes halogenated alkanes) is 5. The molecule has 0 atom stereocenters.